The van der Waals surface area contributed by atoms with Crippen LogP contribution in [0.3, 0.4) is 0 Å². The molecule has 0 saturated heterocycles. The van der Waals surface area contributed by atoms with Gasteiger partial charge >= 0.3 is 0 Å². The van der Waals surface area contributed by atoms with Crippen molar-refractivity contribution in [1.29, 1.82) is 0 Å². The molecule has 1 aromatic rings. The van der Waals surface area contributed by atoms with Gasteiger partial charge in [0.1, 0.15) is 5.75 Å². The van der Waals surface area contributed by atoms with Crippen molar-refractivity contribution in [3.8, 4) is 5.75 Å². The van der Waals surface area contributed by atoms with Crippen molar-refractivity contribution in [2.45, 2.75) is 32.2 Å². The molecule has 1 aliphatic carbocycles. The van der Waals surface area contributed by atoms with Crippen LogP contribution in [0.25, 0.3) is 0 Å². The monoisotopic (exact) mass is 297 g/mol. The molecule has 1 fully saturated rings. The molecule has 3 nitrogen and oxygen atoms in total. The van der Waals surface area contributed by atoms with Gasteiger partial charge in [-0.05, 0) is 43.5 Å². The largest absolute Gasteiger partial charge is 0.493 e. The van der Waals surface area contributed by atoms with Crippen LogP contribution in [0, 0.1) is 6.92 Å². The fourth-order valence-corrected chi connectivity index (χ4v) is 1.74. The molecule has 1 aliphatic rings. The zero-order valence-electron chi connectivity index (χ0n) is 9.83. The summed E-state index contributed by atoms with van der Waals surface area (Å²) in [5.41, 5.74) is 1.13. The summed E-state index contributed by atoms with van der Waals surface area (Å²) in [4.78, 5) is 11.4. The van der Waals surface area contributed by atoms with Crippen LogP contribution >= 0.6 is 15.9 Å². The maximum atomic E-state index is 11.4. The molecular formula is C13H16BrNO2. The number of ether oxygens (including phenoxy) is 1. The zero-order valence-corrected chi connectivity index (χ0v) is 11.4. The van der Waals surface area contributed by atoms with E-state index in [9.17, 15) is 4.79 Å². The number of hydrogen-bond donors (Lipinski definition) is 1. The molecule has 0 aromatic heterocycles. The Balaban J connectivity index is 1.73. The van der Waals surface area contributed by atoms with E-state index in [0.29, 0.717) is 19.1 Å². The highest BCUT2D eigenvalue weighted by Crippen LogP contribution is 2.22. The van der Waals surface area contributed by atoms with Crippen LogP contribution in [0.4, 0.5) is 0 Å². The molecule has 0 heterocycles. The quantitative estimate of drug-likeness (QED) is 0.907. The number of benzene rings is 1. The van der Waals surface area contributed by atoms with Gasteiger partial charge in [0, 0.05) is 10.5 Å². The summed E-state index contributed by atoms with van der Waals surface area (Å²) in [6.07, 6.45) is 2.67. The van der Waals surface area contributed by atoms with Gasteiger partial charge < -0.3 is 10.1 Å². The van der Waals surface area contributed by atoms with Gasteiger partial charge in [0.2, 0.25) is 5.91 Å². The lowest BCUT2D eigenvalue weighted by Gasteiger charge is -2.08. The van der Waals surface area contributed by atoms with Crippen molar-refractivity contribution in [1.82, 2.24) is 5.32 Å². The molecule has 0 bridgehead atoms. The van der Waals surface area contributed by atoms with Gasteiger partial charge in [-0.15, -0.1) is 0 Å². The van der Waals surface area contributed by atoms with Gasteiger partial charge in [-0.3, -0.25) is 4.79 Å². The minimum atomic E-state index is 0.0846. The molecule has 0 atom stereocenters. The molecular weight excluding hydrogens is 282 g/mol. The standard InChI is InChI=1S/C13H16BrNO2/c1-9-8-11(4-5-12(9)14)17-7-6-13(16)15-10-2-3-10/h4-5,8,10H,2-3,6-7H2,1H3,(H,15,16). The van der Waals surface area contributed by atoms with Crippen LogP contribution in [0.15, 0.2) is 22.7 Å². The molecule has 0 unspecified atom stereocenters. The van der Waals surface area contributed by atoms with Crippen LogP contribution in [-0.4, -0.2) is 18.6 Å². The van der Waals surface area contributed by atoms with Gasteiger partial charge in [0.05, 0.1) is 13.0 Å². The van der Waals surface area contributed by atoms with Crippen molar-refractivity contribution < 1.29 is 9.53 Å². The predicted molar refractivity (Wildman–Crippen MR) is 70.2 cm³/mol. The number of carbonyl (C=O) groups is 1. The summed E-state index contributed by atoms with van der Waals surface area (Å²) in [6.45, 7) is 2.44. The highest BCUT2D eigenvalue weighted by molar-refractivity contribution is 9.10. The molecule has 2 rings (SSSR count). The maximum absolute atomic E-state index is 11.4. The van der Waals surface area contributed by atoms with Crippen LogP contribution < -0.4 is 10.1 Å². The van der Waals surface area contributed by atoms with E-state index in [2.05, 4.69) is 21.2 Å². The molecule has 1 aromatic carbocycles. The second kappa shape index (κ2) is 5.54. The lowest BCUT2D eigenvalue weighted by Crippen LogP contribution is -2.26. The zero-order chi connectivity index (χ0) is 12.3. The number of hydrogen-bond acceptors (Lipinski definition) is 2. The second-order valence-corrected chi connectivity index (χ2v) is 5.21. The maximum Gasteiger partial charge on any atom is 0.223 e. The van der Waals surface area contributed by atoms with Crippen LogP contribution in [0.2, 0.25) is 0 Å². The first-order chi connectivity index (χ1) is 8.15. The third-order valence-corrected chi connectivity index (χ3v) is 3.56. The van der Waals surface area contributed by atoms with E-state index >= 15 is 0 Å². The Hall–Kier alpha value is -1.03. The predicted octanol–water partition coefficient (Wildman–Crippen LogP) is 2.81. The lowest BCUT2D eigenvalue weighted by molar-refractivity contribution is -0.121. The Bertz CT molecular complexity index is 416. The molecule has 92 valence electrons. The number of rotatable bonds is 5. The number of carbonyl (C=O) groups excluding carboxylic acids is 1. The third kappa shape index (κ3) is 4.04. The summed E-state index contributed by atoms with van der Waals surface area (Å²) in [5, 5.41) is 2.93. The van der Waals surface area contributed by atoms with Crippen molar-refractivity contribution in [3.05, 3.63) is 28.2 Å². The van der Waals surface area contributed by atoms with Gasteiger partial charge in [-0.2, -0.15) is 0 Å². The van der Waals surface area contributed by atoms with E-state index in [1.54, 1.807) is 0 Å². The number of amides is 1. The minimum Gasteiger partial charge on any atom is -0.493 e. The molecule has 0 aliphatic heterocycles. The van der Waals surface area contributed by atoms with Crippen LogP contribution in [0.1, 0.15) is 24.8 Å². The molecule has 1 N–H and O–H groups in total. The molecule has 4 heteroatoms. The average molecular weight is 298 g/mol. The number of halogens is 1. The van der Waals surface area contributed by atoms with E-state index in [-0.39, 0.29) is 5.91 Å². The van der Waals surface area contributed by atoms with Crippen LogP contribution in [-0.2, 0) is 4.79 Å². The third-order valence-electron chi connectivity index (χ3n) is 2.67. The number of nitrogens with one attached hydrogen (secondary N) is 1. The first-order valence-corrected chi connectivity index (χ1v) is 6.63. The van der Waals surface area contributed by atoms with Crippen molar-refractivity contribution in [2.24, 2.45) is 0 Å². The smallest absolute Gasteiger partial charge is 0.223 e. The Kier molecular flexibility index (Phi) is 4.05. The summed E-state index contributed by atoms with van der Waals surface area (Å²) in [5.74, 6) is 0.895. The van der Waals surface area contributed by atoms with Gasteiger partial charge in [0.25, 0.3) is 0 Å². The Morgan fingerprint density at radius 3 is 2.94 bits per heavy atom. The normalized spacial score (nSPS) is 14.5. The SMILES string of the molecule is Cc1cc(OCCC(=O)NC2CC2)ccc1Br. The van der Waals surface area contributed by atoms with Crippen LogP contribution in [0.5, 0.6) is 5.75 Å². The van der Waals surface area contributed by atoms with E-state index in [1.165, 1.54) is 0 Å². The van der Waals surface area contributed by atoms with Gasteiger partial charge in [-0.25, -0.2) is 0 Å². The first-order valence-electron chi connectivity index (χ1n) is 5.83. The van der Waals surface area contributed by atoms with Crippen molar-refractivity contribution >= 4 is 21.8 Å². The van der Waals surface area contributed by atoms with E-state index < -0.39 is 0 Å². The Labute approximate surface area is 110 Å². The molecule has 1 amide bonds. The number of aryl methyl sites for hydroxylation is 1. The Morgan fingerprint density at radius 1 is 1.53 bits per heavy atom. The Morgan fingerprint density at radius 2 is 2.29 bits per heavy atom. The van der Waals surface area contributed by atoms with E-state index in [0.717, 1.165) is 28.6 Å². The minimum absolute atomic E-state index is 0.0846. The topological polar surface area (TPSA) is 38.3 Å². The van der Waals surface area contributed by atoms with Crippen molar-refractivity contribution in [2.75, 3.05) is 6.61 Å². The second-order valence-electron chi connectivity index (χ2n) is 4.35. The summed E-state index contributed by atoms with van der Waals surface area (Å²) in [7, 11) is 0. The summed E-state index contributed by atoms with van der Waals surface area (Å²) < 4.78 is 6.60. The fraction of sp³-hybridized carbons (Fsp3) is 0.462. The van der Waals surface area contributed by atoms with Gasteiger partial charge in [0.15, 0.2) is 0 Å². The molecule has 1 saturated carbocycles. The first kappa shape index (κ1) is 12.4. The van der Waals surface area contributed by atoms with E-state index in [4.69, 9.17) is 4.74 Å². The molecule has 17 heavy (non-hydrogen) atoms. The highest BCUT2D eigenvalue weighted by Gasteiger charge is 2.22. The van der Waals surface area contributed by atoms with Gasteiger partial charge in [-0.1, -0.05) is 15.9 Å². The summed E-state index contributed by atoms with van der Waals surface area (Å²) >= 11 is 3.44. The van der Waals surface area contributed by atoms with Crippen molar-refractivity contribution in [3.63, 3.8) is 0 Å². The average Bonchev–Trinajstić information content (AvgIpc) is 3.07. The molecule has 0 spiro atoms. The summed E-state index contributed by atoms with van der Waals surface area (Å²) in [6, 6.07) is 6.24. The fourth-order valence-electron chi connectivity index (χ4n) is 1.50. The highest BCUT2D eigenvalue weighted by atomic mass is 79.9. The lowest BCUT2D eigenvalue weighted by atomic mass is 10.2. The molecule has 0 radical (unpaired) electrons. The van der Waals surface area contributed by atoms with E-state index in [1.807, 2.05) is 25.1 Å².